The maximum Gasteiger partial charge on any atom is 0.419 e. The molecule has 1 aromatic carbocycles. The molecular formula is C11H13N3O3. The lowest BCUT2D eigenvalue weighted by molar-refractivity contribution is -0.119. The zero-order valence-corrected chi connectivity index (χ0v) is 9.34. The molecule has 1 aromatic heterocycles. The lowest BCUT2D eigenvalue weighted by Crippen LogP contribution is -2.38. The Morgan fingerprint density at radius 3 is 2.88 bits per heavy atom. The van der Waals surface area contributed by atoms with Crippen molar-refractivity contribution in [3.8, 4) is 0 Å². The van der Waals surface area contributed by atoms with Crippen LogP contribution in [0.1, 0.15) is 5.56 Å². The SMILES string of the molecule is Cn1c(=O)oc2ccc(CC(N)C(N)=O)cc21. The first kappa shape index (κ1) is 11.4. The third-order valence-corrected chi connectivity index (χ3v) is 2.68. The third kappa shape index (κ3) is 2.07. The van der Waals surface area contributed by atoms with Crippen LogP contribution in [0.5, 0.6) is 0 Å². The fraction of sp³-hybridized carbons (Fsp3) is 0.273. The van der Waals surface area contributed by atoms with Gasteiger partial charge in [0.2, 0.25) is 5.91 Å². The van der Waals surface area contributed by atoms with E-state index in [4.69, 9.17) is 15.9 Å². The molecule has 0 spiro atoms. The monoisotopic (exact) mass is 235 g/mol. The Hall–Kier alpha value is -2.08. The molecule has 0 aliphatic carbocycles. The number of nitrogens with zero attached hydrogens (tertiary/aromatic N) is 1. The number of aromatic nitrogens is 1. The molecule has 0 saturated heterocycles. The number of aryl methyl sites for hydroxylation is 1. The second-order valence-electron chi connectivity index (χ2n) is 3.94. The molecule has 0 radical (unpaired) electrons. The largest absolute Gasteiger partial charge is 0.419 e. The summed E-state index contributed by atoms with van der Waals surface area (Å²) >= 11 is 0. The minimum Gasteiger partial charge on any atom is -0.408 e. The van der Waals surface area contributed by atoms with Crippen LogP contribution in [0.15, 0.2) is 27.4 Å². The van der Waals surface area contributed by atoms with E-state index >= 15 is 0 Å². The van der Waals surface area contributed by atoms with E-state index in [1.54, 1.807) is 25.2 Å². The highest BCUT2D eigenvalue weighted by molar-refractivity contribution is 5.80. The molecular weight excluding hydrogens is 222 g/mol. The smallest absolute Gasteiger partial charge is 0.408 e. The summed E-state index contributed by atoms with van der Waals surface area (Å²) in [6.45, 7) is 0. The minimum absolute atomic E-state index is 0.338. The summed E-state index contributed by atoms with van der Waals surface area (Å²) in [6.07, 6.45) is 0.338. The zero-order valence-electron chi connectivity index (χ0n) is 9.34. The molecule has 1 unspecified atom stereocenters. The van der Waals surface area contributed by atoms with Crippen LogP contribution < -0.4 is 17.2 Å². The van der Waals surface area contributed by atoms with Gasteiger partial charge in [0, 0.05) is 7.05 Å². The molecule has 2 rings (SSSR count). The first-order chi connectivity index (χ1) is 7.99. The topological polar surface area (TPSA) is 104 Å². The molecule has 0 aliphatic heterocycles. The number of oxazole rings is 1. The van der Waals surface area contributed by atoms with E-state index in [1.807, 2.05) is 0 Å². The molecule has 1 amide bonds. The molecule has 6 heteroatoms. The standard InChI is InChI=1S/C11H13N3O3/c1-14-8-5-6(4-7(12)10(13)15)2-3-9(8)17-11(14)16/h2-3,5,7H,4,12H2,1H3,(H2,13,15). The highest BCUT2D eigenvalue weighted by atomic mass is 16.4. The highest BCUT2D eigenvalue weighted by Gasteiger charge is 2.12. The van der Waals surface area contributed by atoms with Crippen molar-refractivity contribution in [2.75, 3.05) is 0 Å². The lowest BCUT2D eigenvalue weighted by atomic mass is 10.1. The predicted molar refractivity (Wildman–Crippen MR) is 62.3 cm³/mol. The number of amides is 1. The number of benzene rings is 1. The van der Waals surface area contributed by atoms with Crippen LogP contribution in [0.25, 0.3) is 11.1 Å². The summed E-state index contributed by atoms with van der Waals surface area (Å²) < 4.78 is 6.39. The first-order valence-electron chi connectivity index (χ1n) is 5.12. The van der Waals surface area contributed by atoms with E-state index < -0.39 is 17.7 Å². The maximum atomic E-state index is 11.3. The van der Waals surface area contributed by atoms with Gasteiger partial charge in [-0.05, 0) is 24.1 Å². The number of fused-ring (bicyclic) bond motifs is 1. The summed E-state index contributed by atoms with van der Waals surface area (Å²) in [4.78, 5) is 22.1. The second-order valence-corrected chi connectivity index (χ2v) is 3.94. The van der Waals surface area contributed by atoms with Gasteiger partial charge >= 0.3 is 5.76 Å². The fourth-order valence-corrected chi connectivity index (χ4v) is 1.65. The van der Waals surface area contributed by atoms with Gasteiger partial charge in [0.1, 0.15) is 0 Å². The number of primary amides is 1. The quantitative estimate of drug-likeness (QED) is 0.747. The Kier molecular flexibility index (Phi) is 2.72. The van der Waals surface area contributed by atoms with E-state index in [-0.39, 0.29) is 0 Å². The molecule has 2 aromatic rings. The normalized spacial score (nSPS) is 12.8. The van der Waals surface area contributed by atoms with Crippen molar-refractivity contribution < 1.29 is 9.21 Å². The number of hydrogen-bond acceptors (Lipinski definition) is 4. The fourth-order valence-electron chi connectivity index (χ4n) is 1.65. The van der Waals surface area contributed by atoms with Crippen LogP contribution in [0, 0.1) is 0 Å². The molecule has 90 valence electrons. The Morgan fingerprint density at radius 1 is 1.53 bits per heavy atom. The molecule has 0 bridgehead atoms. The Bertz CT molecular complexity index is 626. The summed E-state index contributed by atoms with van der Waals surface area (Å²) in [6, 6.07) is 4.48. The van der Waals surface area contributed by atoms with Gasteiger partial charge in [0.15, 0.2) is 5.58 Å². The summed E-state index contributed by atoms with van der Waals surface area (Å²) in [5, 5.41) is 0. The lowest BCUT2D eigenvalue weighted by Gasteiger charge is -2.07. The Morgan fingerprint density at radius 2 is 2.24 bits per heavy atom. The first-order valence-corrected chi connectivity index (χ1v) is 5.12. The molecule has 0 saturated carbocycles. The maximum absolute atomic E-state index is 11.3. The van der Waals surface area contributed by atoms with Gasteiger partial charge in [0.25, 0.3) is 0 Å². The van der Waals surface area contributed by atoms with E-state index in [1.165, 1.54) is 4.57 Å². The van der Waals surface area contributed by atoms with E-state index in [9.17, 15) is 9.59 Å². The van der Waals surface area contributed by atoms with Gasteiger partial charge in [0.05, 0.1) is 11.6 Å². The average Bonchev–Trinajstić information content (AvgIpc) is 2.55. The van der Waals surface area contributed by atoms with Crippen LogP contribution in [-0.2, 0) is 18.3 Å². The van der Waals surface area contributed by atoms with Crippen molar-refractivity contribution in [1.29, 1.82) is 0 Å². The number of carbonyl (C=O) groups excluding carboxylic acids is 1. The van der Waals surface area contributed by atoms with Crippen LogP contribution >= 0.6 is 0 Å². The van der Waals surface area contributed by atoms with Crippen LogP contribution in [0.3, 0.4) is 0 Å². The predicted octanol–water partition coefficient (Wildman–Crippen LogP) is -0.513. The van der Waals surface area contributed by atoms with Crippen molar-refractivity contribution in [1.82, 2.24) is 4.57 Å². The van der Waals surface area contributed by atoms with Gasteiger partial charge in [-0.15, -0.1) is 0 Å². The highest BCUT2D eigenvalue weighted by Crippen LogP contribution is 2.15. The van der Waals surface area contributed by atoms with Crippen molar-refractivity contribution in [3.05, 3.63) is 34.3 Å². The number of carbonyl (C=O) groups is 1. The van der Waals surface area contributed by atoms with Gasteiger partial charge in [-0.25, -0.2) is 4.79 Å². The van der Waals surface area contributed by atoms with Crippen LogP contribution in [-0.4, -0.2) is 16.5 Å². The van der Waals surface area contributed by atoms with Gasteiger partial charge in [-0.3, -0.25) is 9.36 Å². The molecule has 17 heavy (non-hydrogen) atoms. The summed E-state index contributed by atoms with van der Waals surface area (Å²) in [7, 11) is 1.62. The molecule has 0 aliphatic rings. The third-order valence-electron chi connectivity index (χ3n) is 2.68. The molecule has 1 heterocycles. The molecule has 6 nitrogen and oxygen atoms in total. The molecule has 0 fully saturated rings. The Labute approximate surface area is 96.8 Å². The molecule has 1 atom stereocenters. The van der Waals surface area contributed by atoms with Gasteiger partial charge < -0.3 is 15.9 Å². The van der Waals surface area contributed by atoms with Crippen molar-refractivity contribution in [2.24, 2.45) is 18.5 Å². The van der Waals surface area contributed by atoms with E-state index in [2.05, 4.69) is 0 Å². The van der Waals surface area contributed by atoms with Crippen LogP contribution in [0.2, 0.25) is 0 Å². The van der Waals surface area contributed by atoms with Crippen LogP contribution in [0.4, 0.5) is 0 Å². The molecule has 4 N–H and O–H groups in total. The van der Waals surface area contributed by atoms with Gasteiger partial charge in [-0.2, -0.15) is 0 Å². The minimum atomic E-state index is -0.726. The Balaban J connectivity index is 2.40. The summed E-state index contributed by atoms with van der Waals surface area (Å²) in [5.41, 5.74) is 12.7. The van der Waals surface area contributed by atoms with Gasteiger partial charge in [-0.1, -0.05) is 6.07 Å². The average molecular weight is 235 g/mol. The van der Waals surface area contributed by atoms with E-state index in [0.29, 0.717) is 17.5 Å². The van der Waals surface area contributed by atoms with Crippen molar-refractivity contribution >= 4 is 17.0 Å². The number of rotatable bonds is 3. The van der Waals surface area contributed by atoms with E-state index in [0.717, 1.165) is 5.56 Å². The number of hydrogen-bond donors (Lipinski definition) is 2. The zero-order chi connectivity index (χ0) is 12.6. The van der Waals surface area contributed by atoms with Crippen molar-refractivity contribution in [2.45, 2.75) is 12.5 Å². The summed E-state index contributed by atoms with van der Waals surface area (Å²) in [5.74, 6) is -0.970. The van der Waals surface area contributed by atoms with Crippen molar-refractivity contribution in [3.63, 3.8) is 0 Å². The number of nitrogens with two attached hydrogens (primary N) is 2. The second kappa shape index (κ2) is 4.06.